The molecule has 4 rings (SSSR count). The Morgan fingerprint density at radius 3 is 2.88 bits per heavy atom. The third-order valence-corrected chi connectivity index (χ3v) is 6.63. The predicted octanol–water partition coefficient (Wildman–Crippen LogP) is 2.04. The van der Waals surface area contributed by atoms with Crippen LogP contribution in [-0.2, 0) is 14.3 Å². The summed E-state index contributed by atoms with van der Waals surface area (Å²) in [6.45, 7) is 3.85. The summed E-state index contributed by atoms with van der Waals surface area (Å²) in [6.07, 6.45) is 3.70. The minimum Gasteiger partial charge on any atom is -0.360 e. The van der Waals surface area contributed by atoms with Crippen molar-refractivity contribution in [3.05, 3.63) is 42.5 Å². The van der Waals surface area contributed by atoms with Gasteiger partial charge in [-0.2, -0.15) is 0 Å². The summed E-state index contributed by atoms with van der Waals surface area (Å²) >= 11 is 1.74. The Bertz CT molecular complexity index is 738. The van der Waals surface area contributed by atoms with Gasteiger partial charge in [0, 0.05) is 30.8 Å². The van der Waals surface area contributed by atoms with Gasteiger partial charge in [0.25, 0.3) is 0 Å². The highest BCUT2D eigenvalue weighted by Gasteiger charge is 2.66. The maximum absolute atomic E-state index is 13.2. The second-order valence-corrected chi connectivity index (χ2v) is 8.34. The first-order chi connectivity index (χ1) is 12.6. The van der Waals surface area contributed by atoms with Gasteiger partial charge >= 0.3 is 0 Å². The van der Waals surface area contributed by atoms with Crippen molar-refractivity contribution < 1.29 is 14.3 Å². The first-order valence-electron chi connectivity index (χ1n) is 9.14. The van der Waals surface area contributed by atoms with Crippen LogP contribution in [0.2, 0.25) is 0 Å². The molecule has 2 amide bonds. The summed E-state index contributed by atoms with van der Waals surface area (Å²) in [5, 5.41) is 0. The number of fused-ring (bicyclic) bond motifs is 1. The van der Waals surface area contributed by atoms with E-state index in [4.69, 9.17) is 4.74 Å². The number of thioether (sulfide) groups is 1. The van der Waals surface area contributed by atoms with Crippen molar-refractivity contribution in [1.82, 2.24) is 9.80 Å². The topological polar surface area (TPSA) is 49.9 Å². The number of carbonyl (C=O) groups is 2. The summed E-state index contributed by atoms with van der Waals surface area (Å²) in [6, 6.07) is 10.2. The Hall–Kier alpha value is -1.79. The van der Waals surface area contributed by atoms with Crippen LogP contribution >= 0.6 is 11.8 Å². The SMILES string of the molecule is CCN(CCSc1ccccc1)C(=O)[C@H]1[C@@H]2C=C[C@@]3(CN(C)C(=O)[C@@H]13)O2. The molecule has 2 fully saturated rings. The highest BCUT2D eigenvalue weighted by atomic mass is 32.2. The van der Waals surface area contributed by atoms with Crippen LogP contribution in [0.1, 0.15) is 6.92 Å². The fraction of sp³-hybridized carbons (Fsp3) is 0.500. The van der Waals surface area contributed by atoms with Crippen molar-refractivity contribution in [1.29, 1.82) is 0 Å². The molecule has 3 heterocycles. The van der Waals surface area contributed by atoms with Crippen LogP contribution in [0, 0.1) is 11.8 Å². The van der Waals surface area contributed by atoms with Crippen molar-refractivity contribution >= 4 is 23.6 Å². The number of benzene rings is 1. The minimum atomic E-state index is -0.588. The number of nitrogens with zero attached hydrogens (tertiary/aromatic N) is 2. The van der Waals surface area contributed by atoms with Gasteiger partial charge in [-0.3, -0.25) is 9.59 Å². The Balaban J connectivity index is 1.44. The monoisotopic (exact) mass is 372 g/mol. The second kappa shape index (κ2) is 6.74. The number of ether oxygens (including phenoxy) is 1. The van der Waals surface area contributed by atoms with E-state index in [-0.39, 0.29) is 29.8 Å². The van der Waals surface area contributed by atoms with E-state index in [0.717, 1.165) is 5.75 Å². The van der Waals surface area contributed by atoms with E-state index in [2.05, 4.69) is 12.1 Å². The highest BCUT2D eigenvalue weighted by Crippen LogP contribution is 2.51. The third kappa shape index (κ3) is 2.76. The third-order valence-electron chi connectivity index (χ3n) is 5.64. The zero-order valence-electron chi connectivity index (χ0n) is 15.1. The van der Waals surface area contributed by atoms with E-state index in [1.165, 1.54) is 4.90 Å². The molecule has 1 aromatic rings. The van der Waals surface area contributed by atoms with Crippen LogP contribution in [0.25, 0.3) is 0 Å². The van der Waals surface area contributed by atoms with E-state index in [1.807, 2.05) is 42.2 Å². The van der Waals surface area contributed by atoms with Gasteiger partial charge in [-0.1, -0.05) is 30.4 Å². The molecule has 1 aromatic carbocycles. The van der Waals surface area contributed by atoms with Crippen molar-refractivity contribution in [2.45, 2.75) is 23.5 Å². The van der Waals surface area contributed by atoms with Crippen LogP contribution in [-0.4, -0.2) is 65.8 Å². The lowest BCUT2D eigenvalue weighted by Gasteiger charge is -2.29. The smallest absolute Gasteiger partial charge is 0.229 e. The molecular weight excluding hydrogens is 348 g/mol. The Labute approximate surface area is 158 Å². The van der Waals surface area contributed by atoms with Crippen LogP contribution in [0.4, 0.5) is 0 Å². The summed E-state index contributed by atoms with van der Waals surface area (Å²) < 4.78 is 6.10. The number of rotatable bonds is 6. The van der Waals surface area contributed by atoms with E-state index in [0.29, 0.717) is 19.6 Å². The van der Waals surface area contributed by atoms with Crippen molar-refractivity contribution in [2.75, 3.05) is 32.4 Å². The molecule has 26 heavy (non-hydrogen) atoms. The molecule has 138 valence electrons. The molecule has 0 radical (unpaired) electrons. The van der Waals surface area contributed by atoms with Gasteiger partial charge in [0.05, 0.1) is 24.5 Å². The molecule has 1 spiro atoms. The van der Waals surface area contributed by atoms with E-state index >= 15 is 0 Å². The highest BCUT2D eigenvalue weighted by molar-refractivity contribution is 7.99. The van der Waals surface area contributed by atoms with Crippen LogP contribution in [0.15, 0.2) is 47.4 Å². The predicted molar refractivity (Wildman–Crippen MR) is 101 cm³/mol. The molecule has 0 unspecified atom stereocenters. The van der Waals surface area contributed by atoms with Gasteiger partial charge in [-0.05, 0) is 19.1 Å². The maximum atomic E-state index is 13.2. The molecule has 3 aliphatic heterocycles. The molecule has 2 bridgehead atoms. The van der Waals surface area contributed by atoms with E-state index < -0.39 is 5.60 Å². The van der Waals surface area contributed by atoms with Gasteiger partial charge in [-0.15, -0.1) is 11.8 Å². The lowest BCUT2D eigenvalue weighted by Crippen LogP contribution is -2.46. The van der Waals surface area contributed by atoms with Crippen molar-refractivity contribution in [3.8, 4) is 0 Å². The largest absolute Gasteiger partial charge is 0.360 e. The van der Waals surface area contributed by atoms with E-state index in [1.54, 1.807) is 23.7 Å². The average molecular weight is 372 g/mol. The number of carbonyl (C=O) groups excluding carboxylic acids is 2. The first kappa shape index (κ1) is 17.6. The molecule has 5 nitrogen and oxygen atoms in total. The number of amides is 2. The number of hydrogen-bond acceptors (Lipinski definition) is 4. The lowest BCUT2D eigenvalue weighted by molar-refractivity contribution is -0.142. The zero-order chi connectivity index (χ0) is 18.3. The molecule has 6 heteroatoms. The molecule has 0 saturated carbocycles. The molecule has 0 aromatic heterocycles. The maximum Gasteiger partial charge on any atom is 0.229 e. The molecular formula is C20H24N2O3S. The molecule has 0 N–H and O–H groups in total. The minimum absolute atomic E-state index is 0.0323. The lowest BCUT2D eigenvalue weighted by atomic mass is 9.76. The van der Waals surface area contributed by atoms with Crippen LogP contribution < -0.4 is 0 Å². The molecule has 2 saturated heterocycles. The summed E-state index contributed by atoms with van der Waals surface area (Å²) in [7, 11) is 1.79. The number of likely N-dealkylation sites (N-methyl/N-ethyl adjacent to an activating group) is 1. The first-order valence-corrected chi connectivity index (χ1v) is 10.1. The van der Waals surface area contributed by atoms with Crippen molar-refractivity contribution in [2.24, 2.45) is 11.8 Å². The number of likely N-dealkylation sites (tertiary alicyclic amines) is 1. The summed E-state index contributed by atoms with van der Waals surface area (Å²) in [4.78, 5) is 30.6. The van der Waals surface area contributed by atoms with Gasteiger partial charge in [0.15, 0.2) is 0 Å². The summed E-state index contributed by atoms with van der Waals surface area (Å²) in [5.41, 5.74) is -0.588. The Morgan fingerprint density at radius 2 is 2.15 bits per heavy atom. The van der Waals surface area contributed by atoms with Crippen LogP contribution in [0.5, 0.6) is 0 Å². The Morgan fingerprint density at radius 1 is 1.38 bits per heavy atom. The Kier molecular flexibility index (Phi) is 4.57. The van der Waals surface area contributed by atoms with Crippen LogP contribution in [0.3, 0.4) is 0 Å². The second-order valence-electron chi connectivity index (χ2n) is 7.17. The van der Waals surface area contributed by atoms with Gasteiger partial charge in [-0.25, -0.2) is 0 Å². The fourth-order valence-corrected chi connectivity index (χ4v) is 5.30. The quantitative estimate of drug-likeness (QED) is 0.566. The fourth-order valence-electron chi connectivity index (χ4n) is 4.40. The summed E-state index contributed by atoms with van der Waals surface area (Å²) in [5.74, 6) is 0.155. The van der Waals surface area contributed by atoms with Gasteiger partial charge in [0.1, 0.15) is 5.60 Å². The average Bonchev–Trinajstić information content (AvgIpc) is 3.27. The zero-order valence-corrected chi connectivity index (χ0v) is 15.9. The molecule has 3 aliphatic rings. The number of hydrogen-bond donors (Lipinski definition) is 0. The normalized spacial score (nSPS) is 31.5. The molecule has 4 atom stereocenters. The van der Waals surface area contributed by atoms with Gasteiger partial charge in [0.2, 0.25) is 11.8 Å². The van der Waals surface area contributed by atoms with Gasteiger partial charge < -0.3 is 14.5 Å². The van der Waals surface area contributed by atoms with Crippen molar-refractivity contribution in [3.63, 3.8) is 0 Å². The standard InChI is InChI=1S/C20H24N2O3S/c1-3-22(11-12-26-14-7-5-4-6-8-14)18(23)16-15-9-10-20(25-15)13-21(2)19(24)17(16)20/h4-10,15-17H,3,11-13H2,1-2H3/t15-,16-,17+,20-/m0/s1. The van der Waals surface area contributed by atoms with E-state index in [9.17, 15) is 9.59 Å². The molecule has 0 aliphatic carbocycles.